The molecule has 2 aromatic rings. The highest BCUT2D eigenvalue weighted by Gasteiger charge is 2.21. The van der Waals surface area contributed by atoms with Crippen molar-refractivity contribution in [3.63, 3.8) is 0 Å². The van der Waals surface area contributed by atoms with E-state index in [1.54, 1.807) is 13.8 Å². The Bertz CT molecular complexity index is 986. The summed E-state index contributed by atoms with van der Waals surface area (Å²) in [5, 5.41) is 9.22. The van der Waals surface area contributed by atoms with Gasteiger partial charge in [0.2, 0.25) is 5.91 Å². The monoisotopic (exact) mass is 382 g/mol. The van der Waals surface area contributed by atoms with Gasteiger partial charge in [-0.1, -0.05) is 11.6 Å². The van der Waals surface area contributed by atoms with Crippen LogP contribution in [0, 0.1) is 13.8 Å². The van der Waals surface area contributed by atoms with E-state index in [0.717, 1.165) is 6.07 Å². The molecule has 2 rings (SSSR count). The number of amides is 1. The van der Waals surface area contributed by atoms with E-state index < -0.39 is 21.9 Å². The molecule has 0 saturated carbocycles. The van der Waals surface area contributed by atoms with Crippen molar-refractivity contribution in [1.29, 1.82) is 0 Å². The van der Waals surface area contributed by atoms with Gasteiger partial charge in [0, 0.05) is 5.69 Å². The van der Waals surface area contributed by atoms with Gasteiger partial charge < -0.3 is 10.8 Å². The zero-order chi connectivity index (χ0) is 18.9. The van der Waals surface area contributed by atoms with Gasteiger partial charge in [0.05, 0.1) is 21.0 Å². The van der Waals surface area contributed by atoms with Crippen molar-refractivity contribution in [2.24, 2.45) is 5.73 Å². The van der Waals surface area contributed by atoms with E-state index >= 15 is 0 Å². The van der Waals surface area contributed by atoms with E-state index in [-0.39, 0.29) is 26.7 Å². The van der Waals surface area contributed by atoms with Crippen LogP contribution in [0.5, 0.6) is 0 Å². The molecule has 0 saturated heterocycles. The molecule has 0 unspecified atom stereocenters. The van der Waals surface area contributed by atoms with E-state index in [0.29, 0.717) is 11.1 Å². The second-order valence-corrected chi connectivity index (χ2v) is 7.44. The predicted molar refractivity (Wildman–Crippen MR) is 93.7 cm³/mol. The summed E-state index contributed by atoms with van der Waals surface area (Å²) >= 11 is 5.84. The zero-order valence-corrected chi connectivity index (χ0v) is 14.9. The maximum atomic E-state index is 12.7. The number of hydrogen-bond donors (Lipinski definition) is 3. The predicted octanol–water partition coefficient (Wildman–Crippen LogP) is 2.55. The Kier molecular flexibility index (Phi) is 5.05. The van der Waals surface area contributed by atoms with Crippen LogP contribution in [0.4, 0.5) is 5.69 Å². The SMILES string of the molecule is Cc1cc(C(=O)O)cc(S(=O)(=O)Nc2ccc(Cl)c(C(N)=O)c2)c1C. The Morgan fingerprint density at radius 3 is 2.36 bits per heavy atom. The first-order valence-electron chi connectivity index (χ1n) is 6.99. The summed E-state index contributed by atoms with van der Waals surface area (Å²) in [7, 11) is -4.09. The van der Waals surface area contributed by atoms with Crippen molar-refractivity contribution >= 4 is 39.2 Å². The largest absolute Gasteiger partial charge is 0.478 e. The molecule has 0 bridgehead atoms. The number of carbonyl (C=O) groups excluding carboxylic acids is 1. The second-order valence-electron chi connectivity index (χ2n) is 5.39. The molecule has 0 atom stereocenters. The number of rotatable bonds is 5. The van der Waals surface area contributed by atoms with E-state index in [9.17, 15) is 18.0 Å². The van der Waals surface area contributed by atoms with Gasteiger partial charge in [-0.15, -0.1) is 0 Å². The maximum Gasteiger partial charge on any atom is 0.335 e. The standard InChI is InChI=1S/C16H15ClN2O5S/c1-8-5-10(16(21)22)6-14(9(8)2)25(23,24)19-11-3-4-13(17)12(7-11)15(18)20/h3-7,19H,1-2H3,(H2,18,20)(H,21,22). The average molecular weight is 383 g/mol. The topological polar surface area (TPSA) is 127 Å². The van der Waals surface area contributed by atoms with Crippen molar-refractivity contribution in [3.8, 4) is 0 Å². The summed E-state index contributed by atoms with van der Waals surface area (Å²) in [6, 6.07) is 6.40. The molecular formula is C16H15ClN2O5S. The lowest BCUT2D eigenvalue weighted by molar-refractivity contribution is 0.0696. The third-order valence-corrected chi connectivity index (χ3v) is 5.48. The fourth-order valence-corrected chi connectivity index (χ4v) is 3.82. The Balaban J connectivity index is 2.52. The highest BCUT2D eigenvalue weighted by molar-refractivity contribution is 7.92. The number of anilines is 1. The number of halogens is 1. The van der Waals surface area contributed by atoms with Gasteiger partial charge in [0.25, 0.3) is 10.0 Å². The number of carboxylic acids is 1. The van der Waals surface area contributed by atoms with E-state index in [1.807, 2.05) is 0 Å². The summed E-state index contributed by atoms with van der Waals surface area (Å²) in [6.07, 6.45) is 0. The van der Waals surface area contributed by atoms with Crippen molar-refractivity contribution in [2.45, 2.75) is 18.7 Å². The molecule has 25 heavy (non-hydrogen) atoms. The molecule has 9 heteroatoms. The Morgan fingerprint density at radius 2 is 1.80 bits per heavy atom. The lowest BCUT2D eigenvalue weighted by Crippen LogP contribution is -2.17. The molecule has 4 N–H and O–H groups in total. The van der Waals surface area contributed by atoms with Gasteiger partial charge in [-0.05, 0) is 55.3 Å². The molecule has 0 fully saturated rings. The minimum Gasteiger partial charge on any atom is -0.478 e. The summed E-state index contributed by atoms with van der Waals surface area (Å²) in [6.45, 7) is 3.19. The lowest BCUT2D eigenvalue weighted by Gasteiger charge is -2.14. The molecular weight excluding hydrogens is 368 g/mol. The summed E-state index contributed by atoms with van der Waals surface area (Å²) < 4.78 is 27.6. The number of aromatic carboxylic acids is 1. The summed E-state index contributed by atoms with van der Waals surface area (Å²) in [5.41, 5.74) is 6.04. The van der Waals surface area contributed by atoms with E-state index in [4.69, 9.17) is 22.4 Å². The average Bonchev–Trinajstić information content (AvgIpc) is 2.50. The summed E-state index contributed by atoms with van der Waals surface area (Å²) in [5.74, 6) is -2.03. The smallest absolute Gasteiger partial charge is 0.335 e. The van der Waals surface area contributed by atoms with Crippen LogP contribution in [0.2, 0.25) is 5.02 Å². The van der Waals surface area contributed by atoms with Gasteiger partial charge in [-0.25, -0.2) is 13.2 Å². The molecule has 0 radical (unpaired) electrons. The van der Waals surface area contributed by atoms with Gasteiger partial charge >= 0.3 is 5.97 Å². The Morgan fingerprint density at radius 1 is 1.16 bits per heavy atom. The fourth-order valence-electron chi connectivity index (χ4n) is 2.22. The fraction of sp³-hybridized carbons (Fsp3) is 0.125. The molecule has 1 amide bonds. The molecule has 0 aliphatic heterocycles. The van der Waals surface area contributed by atoms with Gasteiger partial charge in [-0.2, -0.15) is 0 Å². The maximum absolute atomic E-state index is 12.7. The number of benzene rings is 2. The molecule has 7 nitrogen and oxygen atoms in total. The van der Waals surface area contributed by atoms with Gasteiger partial charge in [-0.3, -0.25) is 9.52 Å². The third-order valence-electron chi connectivity index (χ3n) is 3.64. The van der Waals surface area contributed by atoms with E-state index in [1.165, 1.54) is 24.3 Å². The molecule has 2 aromatic carbocycles. The Hall–Kier alpha value is -2.58. The minimum absolute atomic E-state index is 0.0333. The van der Waals surface area contributed by atoms with Crippen LogP contribution in [0.3, 0.4) is 0 Å². The molecule has 0 aromatic heterocycles. The zero-order valence-electron chi connectivity index (χ0n) is 13.3. The number of carboxylic acid groups (broad SMARTS) is 1. The van der Waals surface area contributed by atoms with Crippen molar-refractivity contribution in [3.05, 3.63) is 57.6 Å². The number of nitrogens with one attached hydrogen (secondary N) is 1. The number of hydrogen-bond acceptors (Lipinski definition) is 4. The molecule has 0 spiro atoms. The first-order valence-corrected chi connectivity index (χ1v) is 8.85. The van der Waals surface area contributed by atoms with Crippen LogP contribution in [-0.2, 0) is 10.0 Å². The first-order chi connectivity index (χ1) is 11.5. The van der Waals surface area contributed by atoms with Crippen LogP contribution < -0.4 is 10.5 Å². The Labute approximate surface area is 149 Å². The summed E-state index contributed by atoms with van der Waals surface area (Å²) in [4.78, 5) is 22.3. The van der Waals surface area contributed by atoms with Crippen molar-refractivity contribution < 1.29 is 23.1 Å². The number of aryl methyl sites for hydroxylation is 1. The highest BCUT2D eigenvalue weighted by atomic mass is 35.5. The van der Waals surface area contributed by atoms with Crippen LogP contribution in [0.25, 0.3) is 0 Å². The molecule has 0 aliphatic rings. The van der Waals surface area contributed by atoms with Crippen molar-refractivity contribution in [1.82, 2.24) is 0 Å². The number of primary amides is 1. The molecule has 0 heterocycles. The van der Waals surface area contributed by atoms with Crippen LogP contribution >= 0.6 is 11.6 Å². The van der Waals surface area contributed by atoms with Crippen LogP contribution in [0.15, 0.2) is 35.2 Å². The number of carbonyl (C=O) groups is 2. The van der Waals surface area contributed by atoms with E-state index in [2.05, 4.69) is 4.72 Å². The number of nitrogens with two attached hydrogens (primary N) is 1. The van der Waals surface area contributed by atoms with Gasteiger partial charge in [0.1, 0.15) is 0 Å². The highest BCUT2D eigenvalue weighted by Crippen LogP contribution is 2.26. The number of sulfonamides is 1. The molecule has 0 aliphatic carbocycles. The van der Waals surface area contributed by atoms with Crippen molar-refractivity contribution in [2.75, 3.05) is 4.72 Å². The van der Waals surface area contributed by atoms with Crippen LogP contribution in [-0.4, -0.2) is 25.4 Å². The quantitative estimate of drug-likeness (QED) is 0.732. The minimum atomic E-state index is -4.09. The van der Waals surface area contributed by atoms with Gasteiger partial charge in [0.15, 0.2) is 0 Å². The lowest BCUT2D eigenvalue weighted by atomic mass is 10.1. The molecule has 132 valence electrons. The normalized spacial score (nSPS) is 11.2. The third kappa shape index (κ3) is 3.92. The second kappa shape index (κ2) is 6.73. The first kappa shape index (κ1) is 18.8. The van der Waals surface area contributed by atoms with Crippen LogP contribution in [0.1, 0.15) is 31.8 Å².